The molecule has 0 saturated carbocycles. The molecule has 11 aromatic carbocycles. The molecule has 2 aromatic heterocycles. The standard InChI is InChI=1S/C70H42N4/c71-43-45-42-64(74-60-36-20-16-32-54(60)68-62(74)40-38-58-66(68)52-30-14-18-34-56(52)70(58,49-25-9-3-10-26-49)50-27-11-4-12-28-50)46(44-72)41-63(45)73-59-35-19-15-31-53(59)67-61(73)39-37-57-65(67)51-29-13-17-33-55(51)69(57,47-21-5-1-6-22-47)48-23-7-2-8-24-48/h1-42H. The van der Waals surface area contributed by atoms with E-state index in [4.69, 9.17) is 0 Å². The predicted octanol–water partition coefficient (Wildman–Crippen LogP) is 16.4. The van der Waals surface area contributed by atoms with Gasteiger partial charge in [-0.1, -0.05) is 218 Å². The zero-order valence-electron chi connectivity index (χ0n) is 40.0. The number of rotatable bonds is 6. The van der Waals surface area contributed by atoms with Crippen molar-refractivity contribution in [1.29, 1.82) is 10.5 Å². The van der Waals surface area contributed by atoms with Crippen LogP contribution < -0.4 is 0 Å². The third-order valence-electron chi connectivity index (χ3n) is 16.3. The van der Waals surface area contributed by atoms with Crippen molar-refractivity contribution in [2.24, 2.45) is 0 Å². The molecule has 0 atom stereocenters. The fourth-order valence-corrected chi connectivity index (χ4v) is 13.6. The third kappa shape index (κ3) is 5.33. The quantitative estimate of drug-likeness (QED) is 0.167. The normalized spacial score (nSPS) is 13.6. The van der Waals surface area contributed by atoms with Crippen LogP contribution in [0.25, 0.3) is 77.2 Å². The van der Waals surface area contributed by atoms with Crippen LogP contribution in [0.4, 0.5) is 0 Å². The molecular weight excluding hydrogens is 897 g/mol. The summed E-state index contributed by atoms with van der Waals surface area (Å²) in [6.07, 6.45) is 0. The number of fused-ring (bicyclic) bond motifs is 14. The summed E-state index contributed by atoms with van der Waals surface area (Å²) in [5.74, 6) is 0. The van der Waals surface area contributed by atoms with Gasteiger partial charge in [0.1, 0.15) is 12.1 Å². The van der Waals surface area contributed by atoms with Crippen molar-refractivity contribution in [2.75, 3.05) is 0 Å². The van der Waals surface area contributed by atoms with E-state index in [2.05, 4.69) is 264 Å². The van der Waals surface area contributed by atoms with Crippen LogP contribution in [-0.4, -0.2) is 9.13 Å². The minimum absolute atomic E-state index is 0.468. The number of nitriles is 2. The predicted molar refractivity (Wildman–Crippen MR) is 299 cm³/mol. The van der Waals surface area contributed by atoms with Crippen molar-refractivity contribution in [1.82, 2.24) is 9.13 Å². The van der Waals surface area contributed by atoms with Gasteiger partial charge in [0.25, 0.3) is 0 Å². The van der Waals surface area contributed by atoms with Crippen LogP contribution >= 0.6 is 0 Å². The Morgan fingerprint density at radius 3 is 0.986 bits per heavy atom. The van der Waals surface area contributed by atoms with E-state index in [9.17, 15) is 10.5 Å². The first kappa shape index (κ1) is 41.8. The van der Waals surface area contributed by atoms with Gasteiger partial charge in [0.2, 0.25) is 0 Å². The van der Waals surface area contributed by atoms with Crippen molar-refractivity contribution in [2.45, 2.75) is 10.8 Å². The number of para-hydroxylation sites is 2. The van der Waals surface area contributed by atoms with Crippen LogP contribution in [0.1, 0.15) is 55.6 Å². The second-order valence-electron chi connectivity index (χ2n) is 19.6. The lowest BCUT2D eigenvalue weighted by Crippen LogP contribution is -2.28. The molecule has 0 bridgehead atoms. The second kappa shape index (κ2) is 15.7. The molecule has 342 valence electrons. The Morgan fingerprint density at radius 2 is 0.622 bits per heavy atom. The molecule has 4 heteroatoms. The van der Waals surface area contributed by atoms with Gasteiger partial charge in [-0.25, -0.2) is 0 Å². The number of nitrogens with zero attached hydrogens (tertiary/aromatic N) is 4. The highest BCUT2D eigenvalue weighted by atomic mass is 15.0. The average Bonchev–Trinajstić information content (AvgIpc) is 4.22. The van der Waals surface area contributed by atoms with Crippen LogP contribution in [0.3, 0.4) is 0 Å². The Morgan fingerprint density at radius 1 is 0.297 bits per heavy atom. The molecule has 74 heavy (non-hydrogen) atoms. The fraction of sp³-hybridized carbons (Fsp3) is 0.0286. The maximum Gasteiger partial charge on any atom is 0.101 e. The van der Waals surface area contributed by atoms with Crippen LogP contribution in [-0.2, 0) is 10.8 Å². The van der Waals surface area contributed by atoms with Gasteiger partial charge in [-0.05, 0) is 103 Å². The minimum atomic E-state index is -0.575. The zero-order chi connectivity index (χ0) is 49.1. The van der Waals surface area contributed by atoms with Crippen molar-refractivity contribution in [3.63, 3.8) is 0 Å². The average molecular weight is 939 g/mol. The smallest absolute Gasteiger partial charge is 0.101 e. The number of aromatic nitrogens is 2. The minimum Gasteiger partial charge on any atom is -0.308 e. The summed E-state index contributed by atoms with van der Waals surface area (Å²) in [5.41, 5.74) is 19.4. The summed E-state index contributed by atoms with van der Waals surface area (Å²) in [6.45, 7) is 0. The molecule has 0 fully saturated rings. The molecule has 0 unspecified atom stereocenters. The van der Waals surface area contributed by atoms with Gasteiger partial charge in [-0.15, -0.1) is 0 Å². The first-order chi connectivity index (χ1) is 36.7. The van der Waals surface area contributed by atoms with Gasteiger partial charge in [0.15, 0.2) is 0 Å². The molecule has 0 spiro atoms. The van der Waals surface area contributed by atoms with E-state index in [0.717, 1.165) is 43.6 Å². The summed E-state index contributed by atoms with van der Waals surface area (Å²) in [4.78, 5) is 0. The van der Waals surface area contributed by atoms with Crippen molar-refractivity contribution >= 4 is 43.6 Å². The molecular formula is C70H42N4. The lowest BCUT2D eigenvalue weighted by atomic mass is 9.67. The molecule has 0 saturated heterocycles. The first-order valence-corrected chi connectivity index (χ1v) is 25.2. The van der Waals surface area contributed by atoms with E-state index < -0.39 is 10.8 Å². The van der Waals surface area contributed by atoms with E-state index in [1.165, 1.54) is 66.8 Å². The van der Waals surface area contributed by atoms with Gasteiger partial charge in [-0.2, -0.15) is 10.5 Å². The maximum absolute atomic E-state index is 11.4. The number of hydrogen-bond acceptors (Lipinski definition) is 2. The number of hydrogen-bond donors (Lipinski definition) is 0. The highest BCUT2D eigenvalue weighted by Crippen LogP contribution is 2.61. The SMILES string of the molecule is N#Cc1cc(-n2c3ccccc3c3c4c(ccc32)C(c2ccccc2)(c2ccccc2)c2ccccc2-4)c(C#N)cc1-n1c2ccccc2c2c3c(ccc21)C(c1ccccc1)(c1ccccc1)c1ccccc1-3. The Kier molecular flexibility index (Phi) is 8.89. The Bertz CT molecular complexity index is 4180. The highest BCUT2D eigenvalue weighted by Gasteiger charge is 2.48. The van der Waals surface area contributed by atoms with Crippen molar-refractivity contribution in [3.05, 3.63) is 310 Å². The molecule has 2 aliphatic rings. The molecule has 15 rings (SSSR count). The van der Waals surface area contributed by atoms with E-state index in [-0.39, 0.29) is 0 Å². The molecule has 0 aliphatic heterocycles. The summed E-state index contributed by atoms with van der Waals surface area (Å²) in [5, 5.41) is 27.3. The van der Waals surface area contributed by atoms with Gasteiger partial charge < -0.3 is 9.13 Å². The lowest BCUT2D eigenvalue weighted by Gasteiger charge is -2.33. The van der Waals surface area contributed by atoms with Crippen LogP contribution in [0.5, 0.6) is 0 Å². The highest BCUT2D eigenvalue weighted by molar-refractivity contribution is 6.20. The van der Waals surface area contributed by atoms with Gasteiger partial charge in [0.05, 0.1) is 55.4 Å². The van der Waals surface area contributed by atoms with E-state index in [1.54, 1.807) is 0 Å². The molecule has 0 radical (unpaired) electrons. The second-order valence-corrected chi connectivity index (χ2v) is 19.6. The van der Waals surface area contributed by atoms with E-state index >= 15 is 0 Å². The summed E-state index contributed by atoms with van der Waals surface area (Å²) >= 11 is 0. The molecule has 4 nitrogen and oxygen atoms in total. The Hall–Kier alpha value is -10.0. The Balaban J connectivity index is 0.993. The van der Waals surface area contributed by atoms with E-state index in [0.29, 0.717) is 22.5 Å². The third-order valence-corrected chi connectivity index (χ3v) is 16.3. The Labute approximate surface area is 428 Å². The maximum atomic E-state index is 11.4. The fourth-order valence-electron chi connectivity index (χ4n) is 13.6. The van der Waals surface area contributed by atoms with Crippen LogP contribution in [0.15, 0.2) is 255 Å². The van der Waals surface area contributed by atoms with Crippen LogP contribution in [0.2, 0.25) is 0 Å². The van der Waals surface area contributed by atoms with Crippen molar-refractivity contribution in [3.8, 4) is 45.8 Å². The molecule has 13 aromatic rings. The molecule has 2 heterocycles. The molecule has 0 N–H and O–H groups in total. The monoisotopic (exact) mass is 938 g/mol. The zero-order valence-corrected chi connectivity index (χ0v) is 40.0. The molecule has 2 aliphatic carbocycles. The van der Waals surface area contributed by atoms with Crippen LogP contribution in [0, 0.1) is 22.7 Å². The first-order valence-electron chi connectivity index (χ1n) is 25.2. The summed E-state index contributed by atoms with van der Waals surface area (Å²) < 4.78 is 4.43. The number of benzene rings is 11. The van der Waals surface area contributed by atoms with E-state index in [1.807, 2.05) is 12.1 Å². The van der Waals surface area contributed by atoms with Gasteiger partial charge in [-0.3, -0.25) is 0 Å². The topological polar surface area (TPSA) is 57.4 Å². The summed E-state index contributed by atoms with van der Waals surface area (Å²) in [6, 6.07) is 96.4. The van der Waals surface area contributed by atoms with Gasteiger partial charge in [0, 0.05) is 21.5 Å². The molecule has 0 amide bonds. The van der Waals surface area contributed by atoms with Gasteiger partial charge >= 0.3 is 0 Å². The largest absolute Gasteiger partial charge is 0.308 e. The summed E-state index contributed by atoms with van der Waals surface area (Å²) in [7, 11) is 0. The van der Waals surface area contributed by atoms with Crippen molar-refractivity contribution < 1.29 is 0 Å². The lowest BCUT2D eigenvalue weighted by molar-refractivity contribution is 0.769.